The molecule has 2 saturated carbocycles. The number of hydrogen-bond acceptors (Lipinski definition) is 10. The molecule has 0 unspecified atom stereocenters. The first-order valence-electron chi connectivity index (χ1n) is 16.1. The molecule has 4 aromatic rings. The van der Waals surface area contributed by atoms with E-state index in [0.29, 0.717) is 57.3 Å². The Morgan fingerprint density at radius 1 is 0.712 bits per heavy atom. The quantitative estimate of drug-likeness (QED) is 0.0689. The molecule has 2 aliphatic carbocycles. The third kappa shape index (κ3) is 8.66. The fourth-order valence-electron chi connectivity index (χ4n) is 6.49. The van der Waals surface area contributed by atoms with E-state index in [1.54, 1.807) is 6.07 Å². The summed E-state index contributed by atoms with van der Waals surface area (Å²) in [5.41, 5.74) is 20.0. The van der Waals surface area contributed by atoms with Crippen LogP contribution in [0, 0.1) is 0 Å². The molecular formula is C32H40Cl2N10O6S2. The van der Waals surface area contributed by atoms with Crippen molar-refractivity contribution in [3.05, 3.63) is 58.8 Å². The van der Waals surface area contributed by atoms with Crippen LogP contribution >= 0.6 is 23.2 Å². The minimum Gasteiger partial charge on any atom is -0.370 e. The Hall–Kier alpha value is -3.88. The molecule has 2 heterocycles. The number of nitrogens with two attached hydrogens (primary N) is 4. The van der Waals surface area contributed by atoms with Gasteiger partial charge in [0.1, 0.15) is 0 Å². The molecule has 2 fully saturated rings. The van der Waals surface area contributed by atoms with Crippen LogP contribution in [0.3, 0.4) is 0 Å². The van der Waals surface area contributed by atoms with Gasteiger partial charge in [0, 0.05) is 39.5 Å². The Balaban J connectivity index is 0.000000202. The summed E-state index contributed by atoms with van der Waals surface area (Å²) in [6.07, 6.45) is 6.76. The predicted octanol–water partition coefficient (Wildman–Crippen LogP) is 3.10. The summed E-state index contributed by atoms with van der Waals surface area (Å²) in [5, 5.41) is 22.1. The number of fused-ring (bicyclic) bond motifs is 2. The van der Waals surface area contributed by atoms with Crippen LogP contribution in [0.2, 0.25) is 10.0 Å². The molecule has 2 aromatic heterocycles. The molecule has 0 aliphatic heterocycles. The number of aromatic nitrogens is 2. The third-order valence-corrected chi connectivity index (χ3v) is 12.9. The van der Waals surface area contributed by atoms with Gasteiger partial charge in [-0.1, -0.05) is 61.0 Å². The zero-order chi connectivity index (χ0) is 38.1. The number of nitrogens with one attached hydrogen (secondary N) is 2. The van der Waals surface area contributed by atoms with E-state index < -0.39 is 37.4 Å². The van der Waals surface area contributed by atoms with Gasteiger partial charge in [0.15, 0.2) is 29.8 Å². The highest BCUT2D eigenvalue weighted by molar-refractivity contribution is 7.89. The zero-order valence-electron chi connectivity index (χ0n) is 28.1. The number of sulfonamides is 2. The number of rotatable bonds is 9. The van der Waals surface area contributed by atoms with Gasteiger partial charge in [0.25, 0.3) is 0 Å². The van der Waals surface area contributed by atoms with E-state index in [0.717, 1.165) is 25.7 Å². The van der Waals surface area contributed by atoms with Gasteiger partial charge in [-0.2, -0.15) is 14.7 Å². The lowest BCUT2D eigenvalue weighted by Crippen LogP contribution is -2.54. The Bertz CT molecular complexity index is 2270. The SMILES string of the molecule is CC1(NS(=O)(=O)c2ccc3c(Cl)cnc(N=C(N)N)c3c2)CCCC1.NC(N)=Nc1ncc(Cl)c2ccc(S(=O)(=O)NC3(C(O)O)CCCC3)cc12. The molecular weight excluding hydrogens is 755 g/mol. The highest BCUT2D eigenvalue weighted by atomic mass is 35.5. The summed E-state index contributed by atoms with van der Waals surface area (Å²) in [5.74, 6) is -0.0421. The maximum atomic E-state index is 12.9. The molecule has 6 rings (SSSR count). The van der Waals surface area contributed by atoms with E-state index in [4.69, 9.17) is 46.1 Å². The van der Waals surface area contributed by atoms with E-state index in [2.05, 4.69) is 29.4 Å². The van der Waals surface area contributed by atoms with Gasteiger partial charge in [0.2, 0.25) is 20.0 Å². The third-order valence-electron chi connectivity index (χ3n) is 9.08. The Labute approximate surface area is 310 Å². The fraction of sp³-hybridized carbons (Fsp3) is 0.375. The molecule has 0 bridgehead atoms. The molecule has 2 aliphatic rings. The number of nitrogens with zero attached hydrogens (tertiary/aromatic N) is 4. The van der Waals surface area contributed by atoms with Gasteiger partial charge in [-0.25, -0.2) is 31.5 Å². The van der Waals surface area contributed by atoms with Crippen molar-refractivity contribution in [2.45, 2.75) is 85.4 Å². The van der Waals surface area contributed by atoms with Crippen molar-refractivity contribution in [2.75, 3.05) is 0 Å². The van der Waals surface area contributed by atoms with Crippen molar-refractivity contribution >= 4 is 88.3 Å². The highest BCUT2D eigenvalue weighted by Gasteiger charge is 2.43. The van der Waals surface area contributed by atoms with E-state index in [1.165, 1.54) is 42.7 Å². The zero-order valence-corrected chi connectivity index (χ0v) is 31.2. The topological polar surface area (TPSA) is 287 Å². The van der Waals surface area contributed by atoms with Crippen molar-refractivity contribution < 1.29 is 27.0 Å². The number of benzene rings is 2. The van der Waals surface area contributed by atoms with E-state index in [9.17, 15) is 27.0 Å². The number of aliphatic hydroxyl groups is 2. The largest absolute Gasteiger partial charge is 0.370 e. The van der Waals surface area contributed by atoms with E-state index in [1.807, 2.05) is 6.92 Å². The van der Waals surface area contributed by atoms with Crippen LogP contribution in [-0.4, -0.2) is 66.3 Å². The standard InChI is InChI=1S/C16H20ClN5O4S.C16H20ClN5O2S/c17-12-8-20-13(21-15(18)19)11-7-9(3-4-10(11)12)27(25,26)22-16(14(23)24)5-1-2-6-16;1-16(6-2-3-7-16)22-25(23,24)10-4-5-11-12(8-10)14(21-15(18)19)20-9-13(11)17/h3-4,7-8,14,22-24H,1-2,5-6H2,(H4,18,19,20,21);4-5,8-9,22H,2-3,6-7H2,1H3,(H4,18,19,20,21). The van der Waals surface area contributed by atoms with Crippen molar-refractivity contribution in [1.29, 1.82) is 0 Å². The summed E-state index contributed by atoms with van der Waals surface area (Å²) in [7, 11) is -7.73. The van der Waals surface area contributed by atoms with Crippen LogP contribution in [0.25, 0.3) is 21.5 Å². The van der Waals surface area contributed by atoms with Crippen molar-refractivity contribution in [3.8, 4) is 0 Å². The van der Waals surface area contributed by atoms with Crippen LogP contribution in [0.4, 0.5) is 11.6 Å². The van der Waals surface area contributed by atoms with E-state index in [-0.39, 0.29) is 33.3 Å². The van der Waals surface area contributed by atoms with Crippen LogP contribution in [-0.2, 0) is 20.0 Å². The first kappa shape index (κ1) is 39.3. The van der Waals surface area contributed by atoms with Crippen LogP contribution in [0.1, 0.15) is 58.3 Å². The normalized spacial score (nSPS) is 16.8. The van der Waals surface area contributed by atoms with Gasteiger partial charge in [-0.3, -0.25) is 0 Å². The lowest BCUT2D eigenvalue weighted by molar-refractivity contribution is -0.0997. The number of hydrogen-bond donors (Lipinski definition) is 8. The summed E-state index contributed by atoms with van der Waals surface area (Å²) < 4.78 is 56.7. The van der Waals surface area contributed by atoms with Crippen LogP contribution in [0.5, 0.6) is 0 Å². The second-order valence-electron chi connectivity index (χ2n) is 13.1. The smallest absolute Gasteiger partial charge is 0.241 e. The molecule has 0 saturated heterocycles. The average molecular weight is 796 g/mol. The second-order valence-corrected chi connectivity index (χ2v) is 17.2. The van der Waals surface area contributed by atoms with Crippen LogP contribution < -0.4 is 32.4 Å². The minimum atomic E-state index is -4.05. The summed E-state index contributed by atoms with van der Waals surface area (Å²) >= 11 is 12.3. The monoisotopic (exact) mass is 794 g/mol. The van der Waals surface area contributed by atoms with Crippen molar-refractivity contribution in [3.63, 3.8) is 0 Å². The highest BCUT2D eigenvalue weighted by Crippen LogP contribution is 2.36. The Morgan fingerprint density at radius 3 is 1.52 bits per heavy atom. The van der Waals surface area contributed by atoms with Crippen LogP contribution in [0.15, 0.2) is 68.6 Å². The number of aliphatic hydroxyl groups excluding tert-OH is 1. The number of halogens is 2. The molecule has 0 atom stereocenters. The molecule has 280 valence electrons. The fourth-order valence-corrected chi connectivity index (χ4v) is 9.89. The number of aliphatic imine (C=N–C) groups is 2. The average Bonchev–Trinajstić information content (AvgIpc) is 3.72. The predicted molar refractivity (Wildman–Crippen MR) is 201 cm³/mol. The molecule has 16 nitrogen and oxygen atoms in total. The van der Waals surface area contributed by atoms with Gasteiger partial charge in [0.05, 0.1) is 25.4 Å². The van der Waals surface area contributed by atoms with Gasteiger partial charge in [-0.05, 0) is 56.9 Å². The number of guanidine groups is 2. The molecule has 2 aromatic carbocycles. The first-order chi connectivity index (χ1) is 24.3. The molecule has 0 spiro atoms. The molecule has 52 heavy (non-hydrogen) atoms. The molecule has 12 N–H and O–H groups in total. The maximum absolute atomic E-state index is 12.9. The Kier molecular flexibility index (Phi) is 11.5. The van der Waals surface area contributed by atoms with Crippen molar-refractivity contribution in [2.24, 2.45) is 32.9 Å². The van der Waals surface area contributed by atoms with E-state index >= 15 is 0 Å². The summed E-state index contributed by atoms with van der Waals surface area (Å²) in [6.45, 7) is 1.93. The lowest BCUT2D eigenvalue weighted by Gasteiger charge is -2.31. The van der Waals surface area contributed by atoms with Crippen molar-refractivity contribution in [1.82, 2.24) is 19.4 Å². The number of pyridine rings is 2. The lowest BCUT2D eigenvalue weighted by atomic mass is 9.99. The molecule has 20 heteroatoms. The van der Waals surface area contributed by atoms with Gasteiger partial charge >= 0.3 is 0 Å². The first-order valence-corrected chi connectivity index (χ1v) is 19.9. The summed E-state index contributed by atoms with van der Waals surface area (Å²) in [4.78, 5) is 16.0. The maximum Gasteiger partial charge on any atom is 0.241 e. The van der Waals surface area contributed by atoms with Gasteiger partial charge < -0.3 is 33.1 Å². The minimum absolute atomic E-state index is 0.0852. The second kappa shape index (κ2) is 15.2. The Morgan fingerprint density at radius 2 is 1.12 bits per heavy atom. The molecule has 0 amide bonds. The summed E-state index contributed by atoms with van der Waals surface area (Å²) in [6, 6.07) is 8.91. The molecule has 0 radical (unpaired) electrons. The van der Waals surface area contributed by atoms with Gasteiger partial charge in [-0.15, -0.1) is 0 Å².